The highest BCUT2D eigenvalue weighted by molar-refractivity contribution is 5.86. The van der Waals surface area contributed by atoms with Crippen molar-refractivity contribution in [3.8, 4) is 0 Å². The smallest absolute Gasteiger partial charge is 0.307 e. The number of methoxy groups -OCH3 is 1. The first-order valence-electron chi connectivity index (χ1n) is 7.40. The molecule has 6 heteroatoms. The van der Waals surface area contributed by atoms with Gasteiger partial charge < -0.3 is 19.9 Å². The van der Waals surface area contributed by atoms with Crippen molar-refractivity contribution in [2.75, 3.05) is 33.5 Å². The Morgan fingerprint density at radius 2 is 1.90 bits per heavy atom. The molecule has 2 N–H and O–H groups in total. The molecule has 0 aromatic carbocycles. The molecule has 2 rings (SSSR count). The van der Waals surface area contributed by atoms with Crippen LogP contribution in [0.2, 0.25) is 0 Å². The molecule has 0 radical (unpaired) electrons. The van der Waals surface area contributed by atoms with Crippen LogP contribution in [0.1, 0.15) is 12.8 Å². The predicted octanol–water partition coefficient (Wildman–Crippen LogP) is 0.679. The van der Waals surface area contributed by atoms with E-state index in [4.69, 9.17) is 9.47 Å². The summed E-state index contributed by atoms with van der Waals surface area (Å²) in [5.41, 5.74) is 0. The zero-order valence-corrected chi connectivity index (χ0v) is 12.3. The van der Waals surface area contributed by atoms with Crippen molar-refractivity contribution in [3.05, 3.63) is 12.2 Å². The van der Waals surface area contributed by atoms with Crippen LogP contribution in [0, 0.1) is 23.7 Å². The highest BCUT2D eigenvalue weighted by atomic mass is 16.5. The van der Waals surface area contributed by atoms with Crippen LogP contribution in [0.4, 0.5) is 0 Å². The van der Waals surface area contributed by atoms with E-state index < -0.39 is 17.8 Å². The van der Waals surface area contributed by atoms with E-state index in [2.05, 4.69) is 5.32 Å². The maximum Gasteiger partial charge on any atom is 0.307 e. The Morgan fingerprint density at radius 1 is 1.19 bits per heavy atom. The van der Waals surface area contributed by atoms with E-state index in [0.29, 0.717) is 32.8 Å². The molecule has 0 saturated heterocycles. The standard InChI is InChI=1S/C15H23NO5/c1-20-7-8-21-6-2-5-16-14(17)12-10-3-4-11(9-10)13(12)15(18)19/h3-4,10-13H,2,5-9H2,1H3,(H,16,17)(H,18,19). The van der Waals surface area contributed by atoms with Crippen molar-refractivity contribution in [1.82, 2.24) is 5.32 Å². The van der Waals surface area contributed by atoms with Crippen molar-refractivity contribution in [2.45, 2.75) is 12.8 Å². The third kappa shape index (κ3) is 3.83. The number of carboxylic acids is 1. The Kier molecular flexibility index (Phi) is 5.76. The first kappa shape index (κ1) is 16.0. The number of nitrogens with one attached hydrogen (secondary N) is 1. The summed E-state index contributed by atoms with van der Waals surface area (Å²) in [5.74, 6) is -1.91. The van der Waals surface area contributed by atoms with Crippen LogP contribution in [0.25, 0.3) is 0 Å². The molecule has 2 bridgehead atoms. The minimum atomic E-state index is -0.866. The van der Waals surface area contributed by atoms with Gasteiger partial charge in [0.15, 0.2) is 0 Å². The Labute approximate surface area is 124 Å². The zero-order chi connectivity index (χ0) is 15.2. The van der Waals surface area contributed by atoms with Crippen molar-refractivity contribution in [3.63, 3.8) is 0 Å². The Bertz CT molecular complexity index is 409. The molecule has 2 aliphatic carbocycles. The van der Waals surface area contributed by atoms with Gasteiger partial charge in [0.2, 0.25) is 5.91 Å². The lowest BCUT2D eigenvalue weighted by Crippen LogP contribution is -2.40. The summed E-state index contributed by atoms with van der Waals surface area (Å²) in [7, 11) is 1.62. The van der Waals surface area contributed by atoms with Gasteiger partial charge in [0.05, 0.1) is 25.0 Å². The molecule has 6 nitrogen and oxygen atoms in total. The average molecular weight is 297 g/mol. The summed E-state index contributed by atoms with van der Waals surface area (Å²) < 4.78 is 10.2. The van der Waals surface area contributed by atoms with Crippen LogP contribution < -0.4 is 5.32 Å². The zero-order valence-electron chi connectivity index (χ0n) is 12.3. The fourth-order valence-electron chi connectivity index (χ4n) is 3.26. The third-order valence-electron chi connectivity index (χ3n) is 4.24. The number of hydrogen-bond acceptors (Lipinski definition) is 4. The second kappa shape index (κ2) is 7.56. The molecule has 1 saturated carbocycles. The second-order valence-corrected chi connectivity index (χ2v) is 5.59. The fourth-order valence-corrected chi connectivity index (χ4v) is 3.26. The molecule has 0 aromatic rings. The molecule has 0 aliphatic heterocycles. The highest BCUT2D eigenvalue weighted by Gasteiger charge is 2.51. The highest BCUT2D eigenvalue weighted by Crippen LogP contribution is 2.48. The molecular formula is C15H23NO5. The van der Waals surface area contributed by atoms with Gasteiger partial charge in [-0.15, -0.1) is 0 Å². The van der Waals surface area contributed by atoms with Crippen LogP contribution >= 0.6 is 0 Å². The topological polar surface area (TPSA) is 84.9 Å². The van der Waals surface area contributed by atoms with Gasteiger partial charge in [-0.2, -0.15) is 0 Å². The van der Waals surface area contributed by atoms with Crippen LogP contribution in [-0.2, 0) is 19.1 Å². The number of carboxylic acid groups (broad SMARTS) is 1. The van der Waals surface area contributed by atoms with Crippen molar-refractivity contribution < 1.29 is 24.2 Å². The Balaban J connectivity index is 1.71. The van der Waals surface area contributed by atoms with Crippen molar-refractivity contribution in [2.24, 2.45) is 23.7 Å². The minimum absolute atomic E-state index is 0.0145. The predicted molar refractivity (Wildman–Crippen MR) is 75.7 cm³/mol. The van der Waals surface area contributed by atoms with E-state index >= 15 is 0 Å². The third-order valence-corrected chi connectivity index (χ3v) is 4.24. The van der Waals surface area contributed by atoms with Gasteiger partial charge >= 0.3 is 5.97 Å². The van der Waals surface area contributed by atoms with E-state index in [1.54, 1.807) is 7.11 Å². The number of allylic oxidation sites excluding steroid dienone is 2. The van der Waals surface area contributed by atoms with E-state index in [0.717, 1.165) is 6.42 Å². The molecule has 4 unspecified atom stereocenters. The number of ether oxygens (including phenoxy) is 2. The summed E-state index contributed by atoms with van der Waals surface area (Å²) in [6.07, 6.45) is 5.43. The average Bonchev–Trinajstić information content (AvgIpc) is 3.06. The van der Waals surface area contributed by atoms with Crippen LogP contribution in [0.15, 0.2) is 12.2 Å². The molecule has 2 aliphatic rings. The van der Waals surface area contributed by atoms with E-state index in [1.165, 1.54) is 0 Å². The number of fused-ring (bicyclic) bond motifs is 2. The second-order valence-electron chi connectivity index (χ2n) is 5.59. The van der Waals surface area contributed by atoms with Crippen molar-refractivity contribution in [1.29, 1.82) is 0 Å². The lowest BCUT2D eigenvalue weighted by molar-refractivity contribution is -0.147. The van der Waals surface area contributed by atoms with Crippen LogP contribution in [-0.4, -0.2) is 50.5 Å². The first-order valence-corrected chi connectivity index (χ1v) is 7.40. The van der Waals surface area contributed by atoms with Gasteiger partial charge in [-0.25, -0.2) is 0 Å². The van der Waals surface area contributed by atoms with E-state index in [-0.39, 0.29) is 17.7 Å². The quantitative estimate of drug-likeness (QED) is 0.483. The monoisotopic (exact) mass is 297 g/mol. The molecule has 0 aromatic heterocycles. The molecule has 118 valence electrons. The summed E-state index contributed by atoms with van der Waals surface area (Å²) in [4.78, 5) is 23.6. The minimum Gasteiger partial charge on any atom is -0.481 e. The van der Waals surface area contributed by atoms with Gasteiger partial charge in [0.25, 0.3) is 0 Å². The van der Waals surface area contributed by atoms with Gasteiger partial charge in [0.1, 0.15) is 0 Å². The molecular weight excluding hydrogens is 274 g/mol. The number of hydrogen-bond donors (Lipinski definition) is 2. The maximum absolute atomic E-state index is 12.2. The lowest BCUT2D eigenvalue weighted by atomic mass is 9.82. The summed E-state index contributed by atoms with van der Waals surface area (Å²) in [5, 5.41) is 12.1. The number of amides is 1. The summed E-state index contributed by atoms with van der Waals surface area (Å²) in [6, 6.07) is 0. The lowest BCUT2D eigenvalue weighted by Gasteiger charge is -2.23. The number of rotatable bonds is 9. The molecule has 4 atom stereocenters. The summed E-state index contributed by atoms with van der Waals surface area (Å²) >= 11 is 0. The van der Waals surface area contributed by atoms with E-state index in [1.807, 2.05) is 12.2 Å². The Hall–Kier alpha value is -1.40. The number of carbonyl (C=O) groups excluding carboxylic acids is 1. The summed E-state index contributed by atoms with van der Waals surface area (Å²) in [6.45, 7) is 2.17. The SMILES string of the molecule is COCCOCCCNC(=O)C1C2C=CC(C2)C1C(=O)O. The molecule has 1 amide bonds. The van der Waals surface area contributed by atoms with Gasteiger partial charge in [-0.3, -0.25) is 9.59 Å². The van der Waals surface area contributed by atoms with Gasteiger partial charge in [-0.05, 0) is 24.7 Å². The molecule has 21 heavy (non-hydrogen) atoms. The molecule has 0 heterocycles. The maximum atomic E-state index is 12.2. The van der Waals surface area contributed by atoms with Crippen LogP contribution in [0.3, 0.4) is 0 Å². The Morgan fingerprint density at radius 3 is 2.57 bits per heavy atom. The first-order chi connectivity index (χ1) is 10.1. The van der Waals surface area contributed by atoms with Gasteiger partial charge in [0, 0.05) is 20.3 Å². The van der Waals surface area contributed by atoms with Crippen molar-refractivity contribution >= 4 is 11.9 Å². The normalized spacial score (nSPS) is 29.8. The number of carbonyl (C=O) groups is 2. The van der Waals surface area contributed by atoms with Crippen LogP contribution in [0.5, 0.6) is 0 Å². The van der Waals surface area contributed by atoms with E-state index in [9.17, 15) is 14.7 Å². The molecule has 0 spiro atoms. The number of aliphatic carboxylic acids is 1. The van der Waals surface area contributed by atoms with Gasteiger partial charge in [-0.1, -0.05) is 12.2 Å². The largest absolute Gasteiger partial charge is 0.481 e. The molecule has 1 fully saturated rings. The fraction of sp³-hybridized carbons (Fsp3) is 0.733.